The number of rotatable bonds is 6. The molecule has 1 atom stereocenters. The van der Waals surface area contributed by atoms with Gasteiger partial charge in [0.25, 0.3) is 5.91 Å². The molecular formula is C23H34IN5O3. The fourth-order valence-electron chi connectivity index (χ4n) is 4.74. The molecule has 1 aromatic carbocycles. The summed E-state index contributed by atoms with van der Waals surface area (Å²) in [6, 6.07) is 7.86. The Morgan fingerprint density at radius 1 is 1.22 bits per heavy atom. The van der Waals surface area contributed by atoms with Crippen LogP contribution in [0.4, 0.5) is 5.69 Å². The van der Waals surface area contributed by atoms with Crippen molar-refractivity contribution in [2.45, 2.75) is 44.6 Å². The number of hydrogen-bond acceptors (Lipinski definition) is 4. The normalized spacial score (nSPS) is 21.1. The zero-order valence-electron chi connectivity index (χ0n) is 18.7. The first-order valence-corrected chi connectivity index (χ1v) is 11.4. The number of nitrogens with zero attached hydrogens (tertiary/aromatic N) is 3. The Morgan fingerprint density at radius 3 is 2.78 bits per heavy atom. The molecule has 1 unspecified atom stereocenters. The van der Waals surface area contributed by atoms with Crippen LogP contribution in [-0.4, -0.2) is 68.5 Å². The van der Waals surface area contributed by atoms with Crippen LogP contribution in [0.3, 0.4) is 0 Å². The van der Waals surface area contributed by atoms with E-state index in [2.05, 4.69) is 15.6 Å². The Morgan fingerprint density at radius 2 is 2.00 bits per heavy atom. The van der Waals surface area contributed by atoms with Crippen molar-refractivity contribution in [1.82, 2.24) is 15.5 Å². The molecule has 1 aliphatic carbocycles. The highest BCUT2D eigenvalue weighted by Crippen LogP contribution is 2.31. The predicted molar refractivity (Wildman–Crippen MR) is 136 cm³/mol. The molecule has 8 nitrogen and oxygen atoms in total. The second-order valence-corrected chi connectivity index (χ2v) is 8.55. The lowest BCUT2D eigenvalue weighted by atomic mass is 10.1. The molecule has 2 fully saturated rings. The summed E-state index contributed by atoms with van der Waals surface area (Å²) < 4.78 is 5.50. The summed E-state index contributed by atoms with van der Waals surface area (Å²) in [5.74, 6) is 2.06. The molecule has 2 N–H and O–H groups in total. The van der Waals surface area contributed by atoms with Crippen molar-refractivity contribution < 1.29 is 14.3 Å². The minimum atomic E-state index is -0.0146. The van der Waals surface area contributed by atoms with Crippen LogP contribution in [0.25, 0.3) is 0 Å². The van der Waals surface area contributed by atoms with Gasteiger partial charge in [-0.1, -0.05) is 25.0 Å². The Hall–Kier alpha value is -2.04. The molecule has 4 rings (SSSR count). The number of anilines is 1. The summed E-state index contributed by atoms with van der Waals surface area (Å²) in [6.07, 6.45) is 6.20. The maximum Gasteiger partial charge on any atom is 0.265 e. The minimum Gasteiger partial charge on any atom is -0.482 e. The summed E-state index contributed by atoms with van der Waals surface area (Å²) in [6.45, 7) is 2.98. The lowest BCUT2D eigenvalue weighted by molar-refractivity contribution is -0.134. The summed E-state index contributed by atoms with van der Waals surface area (Å²) in [5, 5.41) is 6.79. The number of fused-ring (bicyclic) bond motifs is 1. The molecule has 1 saturated carbocycles. The van der Waals surface area contributed by atoms with Crippen molar-refractivity contribution in [3.8, 4) is 5.75 Å². The second-order valence-electron chi connectivity index (χ2n) is 8.55. The molecule has 2 aliphatic heterocycles. The van der Waals surface area contributed by atoms with E-state index in [1.54, 1.807) is 11.9 Å². The zero-order valence-corrected chi connectivity index (χ0v) is 21.0. The van der Waals surface area contributed by atoms with Crippen LogP contribution in [0.5, 0.6) is 5.75 Å². The van der Waals surface area contributed by atoms with Crippen LogP contribution >= 0.6 is 24.0 Å². The zero-order chi connectivity index (χ0) is 21.6. The fraction of sp³-hybridized carbons (Fsp3) is 0.609. The highest BCUT2D eigenvalue weighted by atomic mass is 127. The quantitative estimate of drug-likeness (QED) is 0.244. The molecule has 0 bridgehead atoms. The Balaban J connectivity index is 0.00000289. The number of para-hydroxylation sites is 2. The smallest absolute Gasteiger partial charge is 0.265 e. The number of benzene rings is 1. The topological polar surface area (TPSA) is 86.3 Å². The van der Waals surface area contributed by atoms with E-state index in [-0.39, 0.29) is 48.5 Å². The summed E-state index contributed by atoms with van der Waals surface area (Å²) >= 11 is 0. The average Bonchev–Trinajstić information content (AvgIpc) is 3.49. The van der Waals surface area contributed by atoms with Crippen LogP contribution in [0.2, 0.25) is 0 Å². The standard InChI is InChI=1S/C23H33N5O3.HI/c1-24-23(26-18-11-14-27(15-18)22(30)17-7-2-3-8-17)25-12-6-13-28-19-9-4-5-10-20(19)31-16-21(28)29;/h4-5,9-10,17-18H,2-3,6-8,11-16H2,1H3,(H2,24,25,26);1H. The van der Waals surface area contributed by atoms with E-state index in [4.69, 9.17) is 4.74 Å². The van der Waals surface area contributed by atoms with Crippen molar-refractivity contribution in [2.24, 2.45) is 10.9 Å². The number of ether oxygens (including phenoxy) is 1. The SMILES string of the molecule is CN=C(NCCCN1C(=O)COc2ccccc21)NC1CCN(C(=O)C2CCCC2)C1.I. The van der Waals surface area contributed by atoms with E-state index in [1.807, 2.05) is 29.2 Å². The maximum absolute atomic E-state index is 12.6. The van der Waals surface area contributed by atoms with Gasteiger partial charge < -0.3 is 25.2 Å². The number of guanidine groups is 1. The lowest BCUT2D eigenvalue weighted by Gasteiger charge is -2.29. The van der Waals surface area contributed by atoms with Crippen LogP contribution in [0.1, 0.15) is 38.5 Å². The van der Waals surface area contributed by atoms with E-state index in [9.17, 15) is 9.59 Å². The summed E-state index contributed by atoms with van der Waals surface area (Å²) in [5.41, 5.74) is 0.833. The molecule has 1 saturated heterocycles. The number of amides is 2. The Kier molecular flexibility index (Phi) is 9.01. The van der Waals surface area contributed by atoms with E-state index >= 15 is 0 Å². The number of carbonyl (C=O) groups excluding carboxylic acids is 2. The van der Waals surface area contributed by atoms with Gasteiger partial charge in [-0.2, -0.15) is 0 Å². The summed E-state index contributed by atoms with van der Waals surface area (Å²) in [7, 11) is 1.76. The van der Waals surface area contributed by atoms with Crippen LogP contribution in [-0.2, 0) is 9.59 Å². The van der Waals surface area contributed by atoms with Gasteiger partial charge in [-0.25, -0.2) is 0 Å². The second kappa shape index (κ2) is 11.7. The van der Waals surface area contributed by atoms with Gasteiger partial charge >= 0.3 is 0 Å². The first-order valence-electron chi connectivity index (χ1n) is 11.4. The van der Waals surface area contributed by atoms with Crippen molar-refractivity contribution in [2.75, 3.05) is 44.7 Å². The number of hydrogen-bond donors (Lipinski definition) is 2. The van der Waals surface area contributed by atoms with Gasteiger partial charge in [-0.15, -0.1) is 24.0 Å². The molecule has 32 heavy (non-hydrogen) atoms. The van der Waals surface area contributed by atoms with E-state index < -0.39 is 0 Å². The highest BCUT2D eigenvalue weighted by Gasteiger charge is 2.32. The monoisotopic (exact) mass is 555 g/mol. The van der Waals surface area contributed by atoms with Crippen molar-refractivity contribution in [3.63, 3.8) is 0 Å². The third kappa shape index (κ3) is 5.85. The van der Waals surface area contributed by atoms with Gasteiger partial charge in [-0.3, -0.25) is 14.6 Å². The van der Waals surface area contributed by atoms with Gasteiger partial charge in [0.2, 0.25) is 5.91 Å². The molecule has 2 amide bonds. The molecule has 0 radical (unpaired) electrons. The Bertz CT molecular complexity index is 828. The molecule has 3 aliphatic rings. The average molecular weight is 555 g/mol. The first-order chi connectivity index (χ1) is 15.2. The third-order valence-corrected chi connectivity index (χ3v) is 6.43. The van der Waals surface area contributed by atoms with Crippen LogP contribution in [0, 0.1) is 5.92 Å². The van der Waals surface area contributed by atoms with Crippen LogP contribution < -0.4 is 20.3 Å². The van der Waals surface area contributed by atoms with Gasteiger partial charge in [0.1, 0.15) is 5.75 Å². The molecule has 176 valence electrons. The van der Waals surface area contributed by atoms with Crippen molar-refractivity contribution in [1.29, 1.82) is 0 Å². The molecule has 9 heteroatoms. The van der Waals surface area contributed by atoms with E-state index in [1.165, 1.54) is 12.8 Å². The molecule has 2 heterocycles. The maximum atomic E-state index is 12.6. The number of nitrogens with one attached hydrogen (secondary N) is 2. The summed E-state index contributed by atoms with van der Waals surface area (Å²) in [4.78, 5) is 33.0. The number of aliphatic imine (C=N–C) groups is 1. The van der Waals surface area contributed by atoms with Gasteiger partial charge in [0, 0.05) is 45.2 Å². The molecule has 0 spiro atoms. The highest BCUT2D eigenvalue weighted by molar-refractivity contribution is 14.0. The third-order valence-electron chi connectivity index (χ3n) is 6.43. The molecular weight excluding hydrogens is 521 g/mol. The van der Waals surface area contributed by atoms with Crippen molar-refractivity contribution >= 4 is 47.4 Å². The predicted octanol–water partition coefficient (Wildman–Crippen LogP) is 2.38. The largest absolute Gasteiger partial charge is 0.482 e. The molecule has 0 aromatic heterocycles. The van der Waals surface area contributed by atoms with E-state index in [0.29, 0.717) is 19.0 Å². The first kappa shape index (κ1) is 24.6. The Labute approximate surface area is 207 Å². The molecule has 1 aromatic rings. The van der Waals surface area contributed by atoms with Gasteiger partial charge in [0.05, 0.1) is 5.69 Å². The van der Waals surface area contributed by atoms with E-state index in [0.717, 1.165) is 56.2 Å². The van der Waals surface area contributed by atoms with Gasteiger partial charge in [0.15, 0.2) is 12.6 Å². The minimum absolute atomic E-state index is 0. The fourth-order valence-corrected chi connectivity index (χ4v) is 4.74. The number of likely N-dealkylation sites (tertiary alicyclic amines) is 1. The number of carbonyl (C=O) groups is 2. The lowest BCUT2D eigenvalue weighted by Crippen LogP contribution is -2.46. The van der Waals surface area contributed by atoms with Crippen LogP contribution in [0.15, 0.2) is 29.3 Å². The number of halogens is 1. The van der Waals surface area contributed by atoms with Gasteiger partial charge in [-0.05, 0) is 37.8 Å². The van der Waals surface area contributed by atoms with Crippen molar-refractivity contribution in [3.05, 3.63) is 24.3 Å².